The van der Waals surface area contributed by atoms with Crippen LogP contribution < -0.4 is 5.32 Å². The van der Waals surface area contributed by atoms with Gasteiger partial charge < -0.3 is 10.4 Å². The Bertz CT molecular complexity index is 357. The third kappa shape index (κ3) is 3.44. The molecule has 94 valence electrons. The Morgan fingerprint density at radius 3 is 2.47 bits per heavy atom. The second-order valence-electron chi connectivity index (χ2n) is 5.09. The SMILES string of the molecule is C[C@H](NCC1(O)CCCC1)c1ccc(Cl)cc1. The largest absolute Gasteiger partial charge is 0.389 e. The van der Waals surface area contributed by atoms with Crippen LogP contribution in [0, 0.1) is 0 Å². The predicted molar refractivity (Wildman–Crippen MR) is 71.3 cm³/mol. The number of aliphatic hydroxyl groups is 1. The minimum atomic E-state index is -0.485. The molecule has 1 fully saturated rings. The molecule has 3 heteroatoms. The summed E-state index contributed by atoms with van der Waals surface area (Å²) in [4.78, 5) is 0. The molecule has 2 rings (SSSR count). The highest BCUT2D eigenvalue weighted by Gasteiger charge is 2.30. The molecule has 1 saturated carbocycles. The molecular formula is C14H20ClNO. The van der Waals surface area contributed by atoms with Crippen molar-refractivity contribution in [2.75, 3.05) is 6.54 Å². The minimum Gasteiger partial charge on any atom is -0.389 e. The summed E-state index contributed by atoms with van der Waals surface area (Å²) in [7, 11) is 0. The lowest BCUT2D eigenvalue weighted by molar-refractivity contribution is 0.0453. The zero-order chi connectivity index (χ0) is 12.3. The first-order valence-electron chi connectivity index (χ1n) is 6.30. The van der Waals surface area contributed by atoms with Crippen LogP contribution in [0.3, 0.4) is 0 Å². The highest BCUT2D eigenvalue weighted by atomic mass is 35.5. The van der Waals surface area contributed by atoms with Gasteiger partial charge in [0.2, 0.25) is 0 Å². The lowest BCUT2D eigenvalue weighted by Gasteiger charge is -2.25. The number of rotatable bonds is 4. The van der Waals surface area contributed by atoms with Crippen LogP contribution in [0.2, 0.25) is 5.02 Å². The lowest BCUT2D eigenvalue weighted by Crippen LogP contribution is -2.39. The van der Waals surface area contributed by atoms with E-state index in [-0.39, 0.29) is 6.04 Å². The average Bonchev–Trinajstić information content (AvgIpc) is 2.75. The second-order valence-corrected chi connectivity index (χ2v) is 5.52. The lowest BCUT2D eigenvalue weighted by atomic mass is 10.0. The van der Waals surface area contributed by atoms with Crippen LogP contribution in [0.4, 0.5) is 0 Å². The fourth-order valence-electron chi connectivity index (χ4n) is 2.42. The summed E-state index contributed by atoms with van der Waals surface area (Å²) in [6.45, 7) is 2.79. The quantitative estimate of drug-likeness (QED) is 0.863. The van der Waals surface area contributed by atoms with E-state index in [0.29, 0.717) is 6.54 Å². The number of hydrogen-bond donors (Lipinski definition) is 2. The highest BCUT2D eigenvalue weighted by molar-refractivity contribution is 6.30. The predicted octanol–water partition coefficient (Wildman–Crippen LogP) is 3.30. The van der Waals surface area contributed by atoms with Gasteiger partial charge in [0.25, 0.3) is 0 Å². The van der Waals surface area contributed by atoms with E-state index in [1.807, 2.05) is 24.3 Å². The molecular weight excluding hydrogens is 234 g/mol. The van der Waals surface area contributed by atoms with Crippen LogP contribution in [-0.4, -0.2) is 17.3 Å². The molecule has 0 aromatic heterocycles. The summed E-state index contributed by atoms with van der Waals surface area (Å²) in [6, 6.07) is 8.10. The van der Waals surface area contributed by atoms with E-state index >= 15 is 0 Å². The fourth-order valence-corrected chi connectivity index (χ4v) is 2.55. The molecule has 0 saturated heterocycles. The van der Waals surface area contributed by atoms with Crippen LogP contribution in [0.1, 0.15) is 44.2 Å². The first-order chi connectivity index (χ1) is 8.09. The molecule has 1 aliphatic carbocycles. The Labute approximate surface area is 108 Å². The van der Waals surface area contributed by atoms with E-state index in [9.17, 15) is 5.11 Å². The Kier molecular flexibility index (Phi) is 4.08. The second kappa shape index (κ2) is 5.38. The van der Waals surface area contributed by atoms with E-state index < -0.39 is 5.60 Å². The molecule has 0 spiro atoms. The van der Waals surface area contributed by atoms with Crippen molar-refractivity contribution in [3.05, 3.63) is 34.9 Å². The van der Waals surface area contributed by atoms with Crippen molar-refractivity contribution in [3.8, 4) is 0 Å². The number of halogens is 1. The monoisotopic (exact) mass is 253 g/mol. The van der Waals surface area contributed by atoms with Gasteiger partial charge in [0, 0.05) is 17.6 Å². The molecule has 2 N–H and O–H groups in total. The van der Waals surface area contributed by atoms with Crippen molar-refractivity contribution < 1.29 is 5.11 Å². The van der Waals surface area contributed by atoms with Crippen LogP contribution in [-0.2, 0) is 0 Å². The Hall–Kier alpha value is -0.570. The van der Waals surface area contributed by atoms with Crippen molar-refractivity contribution in [2.45, 2.75) is 44.2 Å². The maximum atomic E-state index is 10.2. The number of nitrogens with one attached hydrogen (secondary N) is 1. The topological polar surface area (TPSA) is 32.3 Å². The summed E-state index contributed by atoms with van der Waals surface area (Å²) in [5.74, 6) is 0. The van der Waals surface area contributed by atoms with Crippen molar-refractivity contribution >= 4 is 11.6 Å². The van der Waals surface area contributed by atoms with E-state index in [1.165, 1.54) is 5.56 Å². The first-order valence-corrected chi connectivity index (χ1v) is 6.68. The molecule has 0 aliphatic heterocycles. The van der Waals surface area contributed by atoms with Crippen molar-refractivity contribution in [1.82, 2.24) is 5.32 Å². The summed E-state index contributed by atoms with van der Waals surface area (Å²) < 4.78 is 0. The summed E-state index contributed by atoms with van der Waals surface area (Å²) in [6.07, 6.45) is 4.14. The normalized spacial score (nSPS) is 20.4. The number of benzene rings is 1. The molecule has 0 bridgehead atoms. The van der Waals surface area contributed by atoms with Gasteiger partial charge in [0.05, 0.1) is 5.60 Å². The van der Waals surface area contributed by atoms with Gasteiger partial charge in [-0.2, -0.15) is 0 Å². The summed E-state index contributed by atoms with van der Waals surface area (Å²) >= 11 is 5.86. The Balaban J connectivity index is 1.88. The van der Waals surface area contributed by atoms with Gasteiger partial charge in [0.15, 0.2) is 0 Å². The van der Waals surface area contributed by atoms with E-state index in [0.717, 1.165) is 30.7 Å². The van der Waals surface area contributed by atoms with Crippen molar-refractivity contribution in [3.63, 3.8) is 0 Å². The molecule has 0 radical (unpaired) electrons. The maximum Gasteiger partial charge on any atom is 0.0771 e. The molecule has 0 heterocycles. The van der Waals surface area contributed by atoms with E-state index in [1.54, 1.807) is 0 Å². The molecule has 1 atom stereocenters. The average molecular weight is 254 g/mol. The van der Waals surface area contributed by atoms with Crippen LogP contribution in [0.5, 0.6) is 0 Å². The van der Waals surface area contributed by atoms with Gasteiger partial charge in [-0.15, -0.1) is 0 Å². The first kappa shape index (κ1) is 12.9. The van der Waals surface area contributed by atoms with Crippen LogP contribution >= 0.6 is 11.6 Å². The zero-order valence-corrected chi connectivity index (χ0v) is 11.0. The fraction of sp³-hybridized carbons (Fsp3) is 0.571. The van der Waals surface area contributed by atoms with E-state index in [4.69, 9.17) is 11.6 Å². The molecule has 1 aromatic rings. The molecule has 1 aliphatic rings. The van der Waals surface area contributed by atoms with Gasteiger partial charge in [-0.05, 0) is 37.5 Å². The molecule has 2 nitrogen and oxygen atoms in total. The highest BCUT2D eigenvalue weighted by Crippen LogP contribution is 2.29. The summed E-state index contributed by atoms with van der Waals surface area (Å²) in [5.41, 5.74) is 0.719. The third-order valence-electron chi connectivity index (χ3n) is 3.64. The Morgan fingerprint density at radius 2 is 1.88 bits per heavy atom. The third-order valence-corrected chi connectivity index (χ3v) is 3.89. The molecule has 17 heavy (non-hydrogen) atoms. The zero-order valence-electron chi connectivity index (χ0n) is 10.2. The molecule has 0 unspecified atom stereocenters. The Morgan fingerprint density at radius 1 is 1.29 bits per heavy atom. The summed E-state index contributed by atoms with van der Waals surface area (Å²) in [5, 5.41) is 14.4. The van der Waals surface area contributed by atoms with Crippen molar-refractivity contribution in [1.29, 1.82) is 0 Å². The van der Waals surface area contributed by atoms with Gasteiger partial charge in [0.1, 0.15) is 0 Å². The van der Waals surface area contributed by atoms with Crippen LogP contribution in [0.15, 0.2) is 24.3 Å². The standard InChI is InChI=1S/C14H20ClNO/c1-11(12-4-6-13(15)7-5-12)16-10-14(17)8-2-3-9-14/h4-7,11,16-17H,2-3,8-10H2,1H3/t11-/m0/s1. The van der Waals surface area contributed by atoms with Crippen LogP contribution in [0.25, 0.3) is 0 Å². The molecule has 1 aromatic carbocycles. The van der Waals surface area contributed by atoms with Crippen molar-refractivity contribution in [2.24, 2.45) is 0 Å². The van der Waals surface area contributed by atoms with Gasteiger partial charge in [-0.3, -0.25) is 0 Å². The molecule has 0 amide bonds. The van der Waals surface area contributed by atoms with Gasteiger partial charge in [-0.25, -0.2) is 0 Å². The smallest absolute Gasteiger partial charge is 0.0771 e. The number of hydrogen-bond acceptors (Lipinski definition) is 2. The van der Waals surface area contributed by atoms with Gasteiger partial charge in [-0.1, -0.05) is 36.6 Å². The van der Waals surface area contributed by atoms with Gasteiger partial charge >= 0.3 is 0 Å². The maximum absolute atomic E-state index is 10.2. The minimum absolute atomic E-state index is 0.247. The van der Waals surface area contributed by atoms with E-state index in [2.05, 4.69) is 12.2 Å².